The van der Waals surface area contributed by atoms with Gasteiger partial charge in [-0.3, -0.25) is 0 Å². The predicted octanol–water partition coefficient (Wildman–Crippen LogP) is 3.40. The Kier molecular flexibility index (Phi) is 16.2. The van der Waals surface area contributed by atoms with Crippen LogP contribution >= 0.6 is 24.8 Å². The monoisotopic (exact) mass is 478 g/mol. The number of likely N-dealkylation sites (N-methyl/N-ethyl adjacent to an activating group) is 1. The lowest BCUT2D eigenvalue weighted by atomic mass is 9.99. The van der Waals surface area contributed by atoms with Crippen LogP contribution in [0.15, 0.2) is 42.5 Å². The zero-order valence-corrected chi connectivity index (χ0v) is 20.0. The van der Waals surface area contributed by atoms with E-state index in [1.54, 1.807) is 37.4 Å². The van der Waals surface area contributed by atoms with Gasteiger partial charge in [-0.25, -0.2) is 0 Å². The van der Waals surface area contributed by atoms with Crippen LogP contribution in [-0.4, -0.2) is 51.2 Å². The van der Waals surface area contributed by atoms with Crippen LogP contribution < -0.4 is 10.6 Å². The number of hydrogen-bond donors (Lipinski definition) is 7. The molecule has 0 amide bonds. The van der Waals surface area contributed by atoms with Crippen LogP contribution in [0.3, 0.4) is 0 Å². The maximum absolute atomic E-state index is 10.2. The van der Waals surface area contributed by atoms with Crippen molar-refractivity contribution in [2.24, 2.45) is 0 Å². The molecular weight excluding hydrogens is 443 g/mol. The molecule has 9 heteroatoms. The fraction of sp³-hybridized carbons (Fsp3) is 0.455. The fourth-order valence-corrected chi connectivity index (χ4v) is 2.86. The highest BCUT2D eigenvalue weighted by Gasteiger charge is 2.20. The molecule has 2 unspecified atom stereocenters. The Morgan fingerprint density at radius 3 is 2.00 bits per heavy atom. The summed E-state index contributed by atoms with van der Waals surface area (Å²) in [5.41, 5.74) is 1.32. The minimum Gasteiger partial charge on any atom is -0.508 e. The zero-order chi connectivity index (χ0) is 22.0. The summed E-state index contributed by atoms with van der Waals surface area (Å²) in [6.07, 6.45) is -0.475. The molecule has 2 aromatic carbocycles. The van der Waals surface area contributed by atoms with E-state index in [4.69, 9.17) is 5.11 Å². The molecule has 0 radical (unpaired) electrons. The van der Waals surface area contributed by atoms with Crippen LogP contribution in [0, 0.1) is 0 Å². The second-order valence-corrected chi connectivity index (χ2v) is 7.20. The van der Waals surface area contributed by atoms with Crippen molar-refractivity contribution in [1.29, 1.82) is 0 Å². The first-order valence-corrected chi connectivity index (χ1v) is 9.77. The molecule has 0 aliphatic heterocycles. The van der Waals surface area contributed by atoms with E-state index < -0.39 is 12.2 Å². The van der Waals surface area contributed by atoms with Crippen LogP contribution in [-0.2, 0) is 0 Å². The number of hydrogen-bond acceptors (Lipinski definition) is 7. The van der Waals surface area contributed by atoms with Crippen molar-refractivity contribution < 1.29 is 25.5 Å². The lowest BCUT2D eigenvalue weighted by Gasteiger charge is -2.25. The van der Waals surface area contributed by atoms with E-state index in [1.165, 1.54) is 12.1 Å². The number of nitrogens with one attached hydrogen (secondary N) is 2. The Morgan fingerprint density at radius 1 is 0.871 bits per heavy atom. The van der Waals surface area contributed by atoms with E-state index >= 15 is 0 Å². The first kappa shape index (κ1) is 31.4. The Morgan fingerprint density at radius 2 is 1.52 bits per heavy atom. The van der Waals surface area contributed by atoms with E-state index in [0.29, 0.717) is 12.1 Å². The molecule has 0 heterocycles. The number of aliphatic hydroxyl groups excluding tert-OH is 2. The summed E-state index contributed by atoms with van der Waals surface area (Å²) in [7, 11) is 1.77. The molecule has 2 aromatic rings. The van der Waals surface area contributed by atoms with Crippen molar-refractivity contribution in [3.63, 3.8) is 0 Å². The summed E-state index contributed by atoms with van der Waals surface area (Å²) in [5.74, 6) is -0.200. The highest BCUT2D eigenvalue weighted by molar-refractivity contribution is 5.85. The molecule has 0 fully saturated rings. The van der Waals surface area contributed by atoms with Crippen molar-refractivity contribution >= 4 is 24.8 Å². The molecule has 178 valence electrons. The average Bonchev–Trinajstić information content (AvgIpc) is 2.68. The van der Waals surface area contributed by atoms with E-state index in [0.717, 1.165) is 12.0 Å². The van der Waals surface area contributed by atoms with Gasteiger partial charge in [0.05, 0.1) is 12.2 Å². The average molecular weight is 479 g/mol. The number of rotatable bonds is 8. The van der Waals surface area contributed by atoms with E-state index in [-0.39, 0.29) is 54.1 Å². The molecule has 31 heavy (non-hydrogen) atoms. The van der Waals surface area contributed by atoms with Gasteiger partial charge in [-0.1, -0.05) is 39.0 Å². The molecule has 0 saturated carbocycles. The third-order valence-electron chi connectivity index (χ3n) is 4.36. The second-order valence-electron chi connectivity index (χ2n) is 7.20. The molecule has 7 nitrogen and oxygen atoms in total. The summed E-state index contributed by atoms with van der Waals surface area (Å²) in [4.78, 5) is 0. The first-order chi connectivity index (χ1) is 13.7. The molecular formula is C22H36Cl2N2O5. The van der Waals surface area contributed by atoms with Crippen LogP contribution in [0.4, 0.5) is 0 Å². The molecule has 7 N–H and O–H groups in total. The van der Waals surface area contributed by atoms with Gasteiger partial charge in [-0.2, -0.15) is 0 Å². The SMILES string of the molecule is CCC(NC(C)C)C(O)c1ccc(O)c(O)c1.CNC[C@H](O)c1cccc(O)c1.Cl.Cl. The van der Waals surface area contributed by atoms with Crippen molar-refractivity contribution in [2.45, 2.75) is 51.5 Å². The largest absolute Gasteiger partial charge is 0.508 e. The van der Waals surface area contributed by atoms with Gasteiger partial charge in [0, 0.05) is 18.6 Å². The van der Waals surface area contributed by atoms with Crippen LogP contribution in [0.2, 0.25) is 0 Å². The van der Waals surface area contributed by atoms with Crippen molar-refractivity contribution in [2.75, 3.05) is 13.6 Å². The summed E-state index contributed by atoms with van der Waals surface area (Å²) >= 11 is 0. The quantitative estimate of drug-likeness (QED) is 0.290. The number of aliphatic hydroxyl groups is 2. The van der Waals surface area contributed by atoms with Crippen LogP contribution in [0.1, 0.15) is 50.5 Å². The van der Waals surface area contributed by atoms with E-state index in [1.807, 2.05) is 20.8 Å². The lowest BCUT2D eigenvalue weighted by molar-refractivity contribution is 0.121. The number of phenols is 3. The molecule has 0 aliphatic rings. The number of aromatic hydroxyl groups is 3. The minimum atomic E-state index is -0.700. The van der Waals surface area contributed by atoms with E-state index in [2.05, 4.69) is 10.6 Å². The third kappa shape index (κ3) is 10.9. The Hall–Kier alpha value is -1.74. The Bertz CT molecular complexity index is 750. The van der Waals surface area contributed by atoms with Gasteiger partial charge in [0.15, 0.2) is 11.5 Å². The maximum atomic E-state index is 10.2. The van der Waals surface area contributed by atoms with Gasteiger partial charge >= 0.3 is 0 Å². The molecule has 0 saturated heterocycles. The summed E-state index contributed by atoms with van der Waals surface area (Å²) in [6.45, 7) is 6.51. The van der Waals surface area contributed by atoms with Gasteiger partial charge in [0.25, 0.3) is 0 Å². The van der Waals surface area contributed by atoms with Crippen LogP contribution in [0.25, 0.3) is 0 Å². The Labute approximate surface area is 197 Å². The lowest BCUT2D eigenvalue weighted by Crippen LogP contribution is -2.38. The number of phenolic OH excluding ortho intramolecular Hbond substituents is 3. The second kappa shape index (κ2) is 16.0. The molecule has 2 rings (SSSR count). The highest BCUT2D eigenvalue weighted by atomic mass is 35.5. The van der Waals surface area contributed by atoms with Crippen molar-refractivity contribution in [3.05, 3.63) is 53.6 Å². The summed E-state index contributed by atoms with van der Waals surface area (Å²) in [5, 5.41) is 53.5. The van der Waals surface area contributed by atoms with Crippen molar-refractivity contribution in [3.8, 4) is 17.2 Å². The number of halogens is 2. The molecule has 3 atom stereocenters. The van der Waals surface area contributed by atoms with Gasteiger partial charge in [0.1, 0.15) is 5.75 Å². The van der Waals surface area contributed by atoms with Gasteiger partial charge in [0.2, 0.25) is 0 Å². The summed E-state index contributed by atoms with van der Waals surface area (Å²) < 4.78 is 0. The zero-order valence-electron chi connectivity index (χ0n) is 18.3. The molecule has 0 aromatic heterocycles. The molecule has 0 aliphatic carbocycles. The minimum absolute atomic E-state index is 0. The summed E-state index contributed by atoms with van der Waals surface area (Å²) in [6, 6.07) is 11.2. The Balaban J connectivity index is 0. The maximum Gasteiger partial charge on any atom is 0.157 e. The highest BCUT2D eigenvalue weighted by Crippen LogP contribution is 2.29. The molecule has 0 spiro atoms. The van der Waals surface area contributed by atoms with Gasteiger partial charge < -0.3 is 36.2 Å². The first-order valence-electron chi connectivity index (χ1n) is 9.77. The fourth-order valence-electron chi connectivity index (χ4n) is 2.86. The van der Waals surface area contributed by atoms with Crippen LogP contribution in [0.5, 0.6) is 17.2 Å². The smallest absolute Gasteiger partial charge is 0.157 e. The third-order valence-corrected chi connectivity index (χ3v) is 4.36. The van der Waals surface area contributed by atoms with Gasteiger partial charge in [-0.05, 0) is 48.9 Å². The van der Waals surface area contributed by atoms with Crippen molar-refractivity contribution in [1.82, 2.24) is 10.6 Å². The topological polar surface area (TPSA) is 125 Å². The normalized spacial score (nSPS) is 13.1. The molecule has 0 bridgehead atoms. The van der Waals surface area contributed by atoms with E-state index in [9.17, 15) is 20.4 Å². The van der Waals surface area contributed by atoms with Gasteiger partial charge in [-0.15, -0.1) is 24.8 Å². The standard InChI is InChI=1S/C13H21NO3.C9H13NO2.2ClH/c1-4-10(14-8(2)3)13(17)9-5-6-11(15)12(16)7-9;1-10-6-9(12)7-3-2-4-8(11)5-7;;/h5-8,10,13-17H,4H2,1-3H3;2-5,9-12H,6H2,1H3;2*1H/t;9-;;/m.0../s1. The number of benzene rings is 2. The predicted molar refractivity (Wildman–Crippen MR) is 129 cm³/mol.